The maximum atomic E-state index is 14.3. The van der Waals surface area contributed by atoms with Gasteiger partial charge in [0, 0.05) is 70.6 Å². The van der Waals surface area contributed by atoms with Crippen molar-refractivity contribution >= 4 is 93.5 Å². The van der Waals surface area contributed by atoms with Gasteiger partial charge in [-0.1, -0.05) is 163 Å². The van der Waals surface area contributed by atoms with Crippen LogP contribution in [0.5, 0.6) is 0 Å². The van der Waals surface area contributed by atoms with Crippen molar-refractivity contribution in [1.29, 1.82) is 5.26 Å². The Kier molecular flexibility index (Phi) is 32.6. The molecule has 0 bridgehead atoms. The SMILES string of the molecule is C=CC(CC/C=C/CC(=O)NCCCC(C)CN(C(C)=O)C1CC(=O)N(c2c(CC)cc(Cc3cc(CC)c(N4C(=O)C=CC4=O)c(CC)c3)cc2CC)C1=O)CC(C#N)C(=O)CC.CCCCC(C)CN(C(C)=O)C1CC(=O)N(c2c(CC)cc(Cc3cc(CC)c(N4C(=O)C=CC4=O)c(CC)c3)cc2CC)C1=O. The van der Waals surface area contributed by atoms with Crippen molar-refractivity contribution in [2.75, 3.05) is 39.2 Å². The normalized spacial score (nSPS) is 16.7. The number of nitriles is 1. The van der Waals surface area contributed by atoms with Gasteiger partial charge in [-0.2, -0.15) is 5.26 Å². The molecule has 110 heavy (non-hydrogen) atoms. The van der Waals surface area contributed by atoms with E-state index in [1.807, 2.05) is 74.5 Å². The highest BCUT2D eigenvalue weighted by Crippen LogP contribution is 2.40. The standard InChI is InChI=1S/C52H67N5O7.C38H49N3O5/c1-9-36(26-43(32-53)45(59)14-6)20-16-15-17-21-46(60)54-24-18-19-34(7)33-55(35(8)58)44-31-49(63)57(52(44)64)51-41(12-4)29-38(30-42(51)13-5)25-37-27-39(10-2)50(40(11-3)28-37)56-47(61)22-23-48(56)62;1-8-13-14-24(6)23-39(25(7)42)32-22-35(45)41(38(32)46)37-30(11-4)20-27(21-31(37)12-5)17-26-18-28(9-2)36(29(10-3)19-26)40-33(43)15-16-34(40)44/h9,15,17,22-23,27-30,34,36,43-44H,1,10-14,16,18-21,24-26,31,33H2,2-8H3,(H,54,60);15-16,18-21,24,32H,8-14,17,22-23H2,1-7H3/b17-15+;. The highest BCUT2D eigenvalue weighted by molar-refractivity contribution is 6.30. The molecule has 11 amide bonds. The minimum atomic E-state index is -0.913. The summed E-state index contributed by atoms with van der Waals surface area (Å²) in [4.78, 5) is 165. The molecular formula is C90H116N8O12. The summed E-state index contributed by atoms with van der Waals surface area (Å²) in [5.74, 6) is -3.60. The Bertz CT molecular complexity index is 4150. The van der Waals surface area contributed by atoms with Crippen LogP contribution in [0.2, 0.25) is 0 Å². The molecule has 4 aromatic carbocycles. The van der Waals surface area contributed by atoms with Gasteiger partial charge in [-0.15, -0.1) is 6.58 Å². The topological polar surface area (TPSA) is 260 Å². The maximum Gasteiger partial charge on any atom is 0.258 e. The van der Waals surface area contributed by atoms with Crippen LogP contribution in [0.4, 0.5) is 22.7 Å². The third-order valence-electron chi connectivity index (χ3n) is 21.7. The van der Waals surface area contributed by atoms with Crippen LogP contribution in [0.25, 0.3) is 0 Å². The van der Waals surface area contributed by atoms with Crippen molar-refractivity contribution in [3.05, 3.63) is 164 Å². The average molecular weight is 1500 g/mol. The van der Waals surface area contributed by atoms with E-state index in [0.717, 1.165) is 92.4 Å². The number of ketones is 1. The van der Waals surface area contributed by atoms with Gasteiger partial charge >= 0.3 is 0 Å². The molecule has 4 aliphatic rings. The number of allylic oxidation sites excluding steroid dienone is 2. The van der Waals surface area contributed by atoms with E-state index in [2.05, 4.69) is 80.3 Å². The van der Waals surface area contributed by atoms with Gasteiger partial charge in [0.15, 0.2) is 0 Å². The summed E-state index contributed by atoms with van der Waals surface area (Å²) in [6, 6.07) is 16.9. The predicted molar refractivity (Wildman–Crippen MR) is 432 cm³/mol. The number of benzene rings is 4. The second-order valence-electron chi connectivity index (χ2n) is 29.7. The van der Waals surface area contributed by atoms with Crippen molar-refractivity contribution in [1.82, 2.24) is 15.1 Å². The molecule has 4 aromatic rings. The lowest BCUT2D eigenvalue weighted by molar-refractivity contribution is -0.137. The molecule has 2 fully saturated rings. The van der Waals surface area contributed by atoms with Crippen LogP contribution in [0, 0.1) is 35.0 Å². The molecule has 0 aliphatic carbocycles. The summed E-state index contributed by atoms with van der Waals surface area (Å²) in [7, 11) is 0. The molecule has 6 unspecified atom stereocenters. The second-order valence-corrected chi connectivity index (χ2v) is 29.7. The first-order chi connectivity index (χ1) is 52.6. The fraction of sp³-hybridized carbons (Fsp3) is 0.500. The van der Waals surface area contributed by atoms with Gasteiger partial charge in [-0.25, -0.2) is 19.6 Å². The lowest BCUT2D eigenvalue weighted by Crippen LogP contribution is -2.46. The van der Waals surface area contributed by atoms with Crippen molar-refractivity contribution in [3.63, 3.8) is 0 Å². The average Bonchev–Trinajstić information content (AvgIpc) is 1.56. The summed E-state index contributed by atoms with van der Waals surface area (Å²) in [6.45, 7) is 32.1. The number of nitrogens with zero attached hydrogens (tertiary/aromatic N) is 7. The molecule has 6 atom stereocenters. The van der Waals surface area contributed by atoms with Crippen LogP contribution in [-0.2, 0) is 122 Å². The van der Waals surface area contributed by atoms with E-state index in [1.54, 1.807) is 17.9 Å². The molecule has 20 heteroatoms. The number of hydrogen-bond acceptors (Lipinski definition) is 13. The number of carbonyl (C=O) groups is 12. The predicted octanol–water partition coefficient (Wildman–Crippen LogP) is 14.3. The smallest absolute Gasteiger partial charge is 0.258 e. The lowest BCUT2D eigenvalue weighted by Gasteiger charge is -2.30. The number of hydrogen-bond donors (Lipinski definition) is 1. The lowest BCUT2D eigenvalue weighted by atomic mass is 9.88. The number of nitrogens with one attached hydrogen (secondary N) is 1. The minimum absolute atomic E-state index is 0.00352. The van der Waals surface area contributed by atoms with Crippen LogP contribution < -0.4 is 24.9 Å². The molecule has 0 saturated carbocycles. The van der Waals surface area contributed by atoms with Gasteiger partial charge < -0.3 is 15.1 Å². The number of carbonyl (C=O) groups excluding carboxylic acids is 12. The molecule has 0 aromatic heterocycles. The number of aryl methyl sites for hydroxylation is 8. The Morgan fingerprint density at radius 1 is 0.509 bits per heavy atom. The Morgan fingerprint density at radius 2 is 0.845 bits per heavy atom. The van der Waals surface area contributed by atoms with E-state index in [4.69, 9.17) is 0 Å². The fourth-order valence-corrected chi connectivity index (χ4v) is 15.8. The van der Waals surface area contributed by atoms with Gasteiger partial charge in [-0.05, 0) is 187 Å². The summed E-state index contributed by atoms with van der Waals surface area (Å²) in [6.07, 6.45) is 23.9. The largest absolute Gasteiger partial charge is 0.356 e. The molecule has 588 valence electrons. The molecule has 0 spiro atoms. The zero-order valence-electron chi connectivity index (χ0n) is 67.5. The highest BCUT2D eigenvalue weighted by atomic mass is 16.2. The van der Waals surface area contributed by atoms with Gasteiger partial charge in [0.05, 0.1) is 41.7 Å². The molecule has 8 rings (SSSR count). The van der Waals surface area contributed by atoms with Crippen LogP contribution >= 0.6 is 0 Å². The van der Waals surface area contributed by atoms with Gasteiger partial charge in [0.1, 0.15) is 23.8 Å². The van der Waals surface area contributed by atoms with Crippen LogP contribution in [0.3, 0.4) is 0 Å². The molecule has 2 saturated heterocycles. The van der Waals surface area contributed by atoms with Crippen molar-refractivity contribution < 1.29 is 57.5 Å². The molecular weight excluding hydrogens is 1390 g/mol. The first kappa shape index (κ1) is 87.2. The second kappa shape index (κ2) is 41.1. The van der Waals surface area contributed by atoms with Crippen molar-refractivity contribution in [2.45, 2.75) is 250 Å². The number of Topliss-reactive ketones (excluding diaryl/α,β-unsaturated/α-hetero) is 1. The summed E-state index contributed by atoms with van der Waals surface area (Å²) in [5.41, 5.74) is 14.1. The summed E-state index contributed by atoms with van der Waals surface area (Å²) < 4.78 is 0. The Balaban J connectivity index is 0.000000322. The minimum Gasteiger partial charge on any atom is -0.356 e. The van der Waals surface area contributed by atoms with Crippen LogP contribution in [0.1, 0.15) is 241 Å². The first-order valence-corrected chi connectivity index (χ1v) is 40.1. The van der Waals surface area contributed by atoms with Gasteiger partial charge in [0.25, 0.3) is 35.4 Å². The Morgan fingerprint density at radius 3 is 1.15 bits per heavy atom. The highest BCUT2D eigenvalue weighted by Gasteiger charge is 2.47. The fourth-order valence-electron chi connectivity index (χ4n) is 15.8. The molecule has 4 heterocycles. The summed E-state index contributed by atoms with van der Waals surface area (Å²) >= 11 is 0. The third-order valence-corrected chi connectivity index (χ3v) is 21.7. The van der Waals surface area contributed by atoms with E-state index in [9.17, 15) is 62.8 Å². The molecule has 1 N–H and O–H groups in total. The zero-order chi connectivity index (χ0) is 80.8. The Hall–Kier alpha value is -10.0. The first-order valence-electron chi connectivity index (χ1n) is 40.1. The van der Waals surface area contributed by atoms with Crippen molar-refractivity contribution in [2.24, 2.45) is 23.7 Å². The van der Waals surface area contributed by atoms with E-state index < -0.39 is 23.9 Å². The molecule has 4 aliphatic heterocycles. The monoisotopic (exact) mass is 1500 g/mol. The van der Waals surface area contributed by atoms with E-state index >= 15 is 0 Å². The van der Waals surface area contributed by atoms with Crippen molar-refractivity contribution in [3.8, 4) is 6.07 Å². The number of rotatable bonds is 39. The van der Waals surface area contributed by atoms with E-state index in [0.29, 0.717) is 139 Å². The Labute approximate surface area is 651 Å². The number of anilines is 4. The number of unbranched alkanes of at least 4 members (excludes halogenated alkanes) is 1. The van der Waals surface area contributed by atoms with E-state index in [1.165, 1.54) is 62.7 Å². The van der Waals surface area contributed by atoms with E-state index in [-0.39, 0.29) is 102 Å². The zero-order valence-corrected chi connectivity index (χ0v) is 67.5. The molecule has 0 radical (unpaired) electrons. The van der Waals surface area contributed by atoms with Gasteiger partial charge in [0.2, 0.25) is 29.5 Å². The van der Waals surface area contributed by atoms with Crippen LogP contribution in [0.15, 0.2) is 97.6 Å². The van der Waals surface area contributed by atoms with Crippen LogP contribution in [-0.4, -0.2) is 112 Å². The molecule has 20 nitrogen and oxygen atoms in total. The quantitative estimate of drug-likeness (QED) is 0.0248. The number of amides is 11. The maximum absolute atomic E-state index is 14.3. The summed E-state index contributed by atoms with van der Waals surface area (Å²) in [5, 5.41) is 12.3. The van der Waals surface area contributed by atoms with Gasteiger partial charge in [-0.3, -0.25) is 57.5 Å². The third kappa shape index (κ3) is 21.1. The number of imide groups is 4.